The van der Waals surface area contributed by atoms with E-state index in [0.29, 0.717) is 5.56 Å². The van der Waals surface area contributed by atoms with Gasteiger partial charge in [0.15, 0.2) is 4.75 Å². The first-order valence-corrected chi connectivity index (χ1v) is 9.24. The Bertz CT molecular complexity index is 807. The zero-order chi connectivity index (χ0) is 18.7. The number of thioether (sulfide) groups is 1. The Morgan fingerprint density at radius 1 is 1.23 bits per heavy atom. The molecule has 0 aliphatic carbocycles. The van der Waals surface area contributed by atoms with Gasteiger partial charge in [-0.05, 0) is 43.7 Å². The summed E-state index contributed by atoms with van der Waals surface area (Å²) in [4.78, 5) is 26.0. The lowest BCUT2D eigenvalue weighted by Gasteiger charge is -2.31. The third kappa shape index (κ3) is 3.60. The summed E-state index contributed by atoms with van der Waals surface area (Å²) in [6.07, 6.45) is 0.00637. The summed E-state index contributed by atoms with van der Waals surface area (Å²) in [5, 5.41) is 2.87. The second-order valence-corrected chi connectivity index (χ2v) is 7.66. The van der Waals surface area contributed by atoms with E-state index in [4.69, 9.17) is 4.74 Å². The minimum absolute atomic E-state index is 0.00637. The molecule has 136 valence electrons. The average molecular weight is 373 g/mol. The quantitative estimate of drug-likeness (QED) is 0.810. The van der Waals surface area contributed by atoms with E-state index in [1.54, 1.807) is 19.1 Å². The minimum Gasteiger partial charge on any atom is -0.465 e. The van der Waals surface area contributed by atoms with Gasteiger partial charge in [-0.15, -0.1) is 11.8 Å². The first kappa shape index (κ1) is 18.5. The maximum absolute atomic E-state index is 13.3. The van der Waals surface area contributed by atoms with Gasteiger partial charge >= 0.3 is 5.97 Å². The molecule has 2 aromatic carbocycles. The van der Waals surface area contributed by atoms with Crippen LogP contribution in [-0.2, 0) is 14.3 Å². The number of benzene rings is 2. The Morgan fingerprint density at radius 3 is 2.50 bits per heavy atom. The molecular formula is C20H20FNO3S. The molecule has 1 amide bonds. The molecule has 0 aromatic heterocycles. The molecule has 0 spiro atoms. The monoisotopic (exact) mass is 373 g/mol. The summed E-state index contributed by atoms with van der Waals surface area (Å²) in [7, 11) is 0. The van der Waals surface area contributed by atoms with Crippen LogP contribution >= 0.6 is 11.8 Å². The largest absolute Gasteiger partial charge is 0.465 e. The predicted molar refractivity (Wildman–Crippen MR) is 98.3 cm³/mol. The van der Waals surface area contributed by atoms with Crippen LogP contribution in [0, 0.1) is 12.7 Å². The molecule has 2 unspecified atom stereocenters. The SMILES string of the molecule is CCOC(=O)C1(Sc2ccc(C)cc2)CC(=O)NC1c1ccc(F)cc1. The molecule has 4 nitrogen and oxygen atoms in total. The maximum Gasteiger partial charge on any atom is 0.325 e. The number of hydrogen-bond donors (Lipinski definition) is 1. The van der Waals surface area contributed by atoms with E-state index in [9.17, 15) is 14.0 Å². The van der Waals surface area contributed by atoms with Crippen molar-refractivity contribution in [2.24, 2.45) is 0 Å². The van der Waals surface area contributed by atoms with Crippen LogP contribution in [-0.4, -0.2) is 23.2 Å². The van der Waals surface area contributed by atoms with Crippen LogP contribution in [0.25, 0.3) is 0 Å². The van der Waals surface area contributed by atoms with Gasteiger partial charge in [0.2, 0.25) is 5.91 Å². The maximum atomic E-state index is 13.3. The molecule has 0 saturated carbocycles. The summed E-state index contributed by atoms with van der Waals surface area (Å²) < 4.78 is 17.5. The van der Waals surface area contributed by atoms with Crippen LogP contribution in [0.4, 0.5) is 4.39 Å². The van der Waals surface area contributed by atoms with E-state index in [-0.39, 0.29) is 24.8 Å². The topological polar surface area (TPSA) is 55.4 Å². The van der Waals surface area contributed by atoms with Gasteiger partial charge in [-0.25, -0.2) is 4.39 Å². The number of amides is 1. The van der Waals surface area contributed by atoms with E-state index >= 15 is 0 Å². The van der Waals surface area contributed by atoms with Crippen molar-refractivity contribution in [2.45, 2.75) is 36.0 Å². The molecule has 0 bridgehead atoms. The van der Waals surface area contributed by atoms with Gasteiger partial charge in [-0.1, -0.05) is 29.8 Å². The van der Waals surface area contributed by atoms with Gasteiger partial charge in [0.1, 0.15) is 5.82 Å². The van der Waals surface area contributed by atoms with Gasteiger partial charge in [0.05, 0.1) is 19.1 Å². The lowest BCUT2D eigenvalue weighted by Crippen LogP contribution is -2.41. The van der Waals surface area contributed by atoms with Gasteiger partial charge in [0.25, 0.3) is 0 Å². The number of rotatable bonds is 5. The van der Waals surface area contributed by atoms with Crippen LogP contribution in [0.3, 0.4) is 0 Å². The van der Waals surface area contributed by atoms with E-state index in [2.05, 4.69) is 5.32 Å². The Labute approximate surface area is 156 Å². The second kappa shape index (κ2) is 7.50. The highest BCUT2D eigenvalue weighted by Crippen LogP contribution is 2.49. The first-order chi connectivity index (χ1) is 12.4. The van der Waals surface area contributed by atoms with Crippen molar-refractivity contribution < 1.29 is 18.7 Å². The molecular weight excluding hydrogens is 353 g/mol. The smallest absolute Gasteiger partial charge is 0.325 e. The highest BCUT2D eigenvalue weighted by molar-refractivity contribution is 8.01. The molecule has 3 rings (SSSR count). The number of hydrogen-bond acceptors (Lipinski definition) is 4. The fourth-order valence-electron chi connectivity index (χ4n) is 3.07. The summed E-state index contributed by atoms with van der Waals surface area (Å²) in [6, 6.07) is 13.0. The highest BCUT2D eigenvalue weighted by atomic mass is 32.2. The van der Waals surface area contributed by atoms with Crippen LogP contribution in [0.2, 0.25) is 0 Å². The van der Waals surface area contributed by atoms with E-state index < -0.39 is 16.8 Å². The van der Waals surface area contributed by atoms with Crippen molar-refractivity contribution in [1.82, 2.24) is 5.32 Å². The number of esters is 1. The molecule has 0 radical (unpaired) electrons. The summed E-state index contributed by atoms with van der Waals surface area (Å²) >= 11 is 1.31. The Balaban J connectivity index is 2.04. The highest BCUT2D eigenvalue weighted by Gasteiger charge is 2.55. The predicted octanol–water partition coefficient (Wildman–Crippen LogP) is 3.79. The normalized spacial score (nSPS) is 22.1. The first-order valence-electron chi connectivity index (χ1n) is 8.42. The van der Waals surface area contributed by atoms with Crippen LogP contribution < -0.4 is 5.32 Å². The zero-order valence-electron chi connectivity index (χ0n) is 14.6. The number of aryl methyl sites for hydroxylation is 1. The molecule has 2 atom stereocenters. The van der Waals surface area contributed by atoms with Crippen LogP contribution in [0.1, 0.15) is 30.5 Å². The molecule has 1 aliphatic heterocycles. The molecule has 1 N–H and O–H groups in total. The van der Waals surface area contributed by atoms with E-state index in [0.717, 1.165) is 10.5 Å². The third-order valence-corrected chi connectivity index (χ3v) is 5.76. The molecule has 2 aromatic rings. The molecule has 1 fully saturated rings. The summed E-state index contributed by atoms with van der Waals surface area (Å²) in [5.74, 6) is -1.05. The van der Waals surface area contributed by atoms with Crippen molar-refractivity contribution >= 4 is 23.6 Å². The fourth-order valence-corrected chi connectivity index (χ4v) is 4.42. The van der Waals surface area contributed by atoms with E-state index in [1.807, 2.05) is 31.2 Å². The van der Waals surface area contributed by atoms with Crippen molar-refractivity contribution in [1.29, 1.82) is 0 Å². The lowest BCUT2D eigenvalue weighted by atomic mass is 9.93. The van der Waals surface area contributed by atoms with E-state index in [1.165, 1.54) is 23.9 Å². The molecule has 6 heteroatoms. The van der Waals surface area contributed by atoms with Crippen LogP contribution in [0.5, 0.6) is 0 Å². The second-order valence-electron chi connectivity index (χ2n) is 6.25. The average Bonchev–Trinajstić information content (AvgIpc) is 2.95. The third-order valence-electron chi connectivity index (χ3n) is 4.34. The number of carbonyl (C=O) groups is 2. The summed E-state index contributed by atoms with van der Waals surface area (Å²) in [6.45, 7) is 3.94. The molecule has 1 aliphatic rings. The number of carbonyl (C=O) groups excluding carboxylic acids is 2. The fraction of sp³-hybridized carbons (Fsp3) is 0.300. The number of ether oxygens (including phenoxy) is 1. The number of halogens is 1. The molecule has 1 saturated heterocycles. The standard InChI is InChI=1S/C20H20FNO3S/c1-3-25-19(24)20(26-16-10-4-13(2)5-11-16)12-17(23)22-18(20)14-6-8-15(21)9-7-14/h4-11,18H,3,12H2,1-2H3,(H,22,23). The van der Waals surface area contributed by atoms with Gasteiger partial charge in [-0.3, -0.25) is 9.59 Å². The Hall–Kier alpha value is -2.34. The van der Waals surface area contributed by atoms with Crippen molar-refractivity contribution in [2.75, 3.05) is 6.61 Å². The molecule has 26 heavy (non-hydrogen) atoms. The Morgan fingerprint density at radius 2 is 1.88 bits per heavy atom. The van der Waals surface area contributed by atoms with Gasteiger partial charge < -0.3 is 10.1 Å². The lowest BCUT2D eigenvalue weighted by molar-refractivity contribution is -0.146. The van der Waals surface area contributed by atoms with Crippen LogP contribution in [0.15, 0.2) is 53.4 Å². The minimum atomic E-state index is -1.14. The van der Waals surface area contributed by atoms with Gasteiger partial charge in [0, 0.05) is 4.90 Å². The number of nitrogens with one attached hydrogen (secondary N) is 1. The Kier molecular flexibility index (Phi) is 5.32. The van der Waals surface area contributed by atoms with Crippen molar-refractivity contribution in [3.8, 4) is 0 Å². The molecule has 1 heterocycles. The van der Waals surface area contributed by atoms with Crippen molar-refractivity contribution in [3.05, 3.63) is 65.5 Å². The van der Waals surface area contributed by atoms with Gasteiger partial charge in [-0.2, -0.15) is 0 Å². The summed E-state index contributed by atoms with van der Waals surface area (Å²) in [5.41, 5.74) is 1.78. The zero-order valence-corrected chi connectivity index (χ0v) is 15.4. The van der Waals surface area contributed by atoms with Crippen molar-refractivity contribution in [3.63, 3.8) is 0 Å².